The maximum absolute atomic E-state index is 13.1. The molecule has 0 bridgehead atoms. The van der Waals surface area contributed by atoms with Crippen molar-refractivity contribution in [1.82, 2.24) is 5.43 Å². The highest BCUT2D eigenvalue weighted by Gasteiger charge is 2.27. The van der Waals surface area contributed by atoms with Crippen molar-refractivity contribution >= 4 is 17.5 Å². The molecule has 2 aromatic rings. The lowest BCUT2D eigenvalue weighted by Gasteiger charge is -2.27. The molecule has 0 aliphatic heterocycles. The third-order valence-corrected chi connectivity index (χ3v) is 4.99. The van der Waals surface area contributed by atoms with Gasteiger partial charge in [-0.25, -0.2) is 10.6 Å². The first kappa shape index (κ1) is 18.1. The second-order valence-corrected chi connectivity index (χ2v) is 6.74. The number of rotatable bonds is 5. The number of hydrogen-bond donors (Lipinski definition) is 2. The number of amides is 2. The lowest BCUT2D eigenvalue weighted by Crippen LogP contribution is -2.43. The fraction of sp³-hybridized carbons (Fsp3) is 0.333. The molecule has 1 fully saturated rings. The summed E-state index contributed by atoms with van der Waals surface area (Å²) in [7, 11) is 0. The zero-order chi connectivity index (χ0) is 18.4. The molecule has 0 aromatic heterocycles. The molecule has 136 valence electrons. The number of anilines is 1. The fourth-order valence-electron chi connectivity index (χ4n) is 3.61. The lowest BCUT2D eigenvalue weighted by atomic mass is 9.83. The predicted octanol–water partition coefficient (Wildman–Crippen LogP) is 4.04. The third-order valence-electron chi connectivity index (χ3n) is 4.99. The highest BCUT2D eigenvalue weighted by atomic mass is 16.2. The number of Topliss-reactive ketones (excluding diaryl/α,β-unsaturated/α-hetero) is 1. The van der Waals surface area contributed by atoms with Crippen LogP contribution in [0.25, 0.3) is 0 Å². The van der Waals surface area contributed by atoms with Gasteiger partial charge in [0, 0.05) is 11.5 Å². The van der Waals surface area contributed by atoms with E-state index < -0.39 is 6.03 Å². The molecule has 2 aromatic carbocycles. The number of ketones is 1. The summed E-state index contributed by atoms with van der Waals surface area (Å²) in [6.07, 6.45) is 5.23. The van der Waals surface area contributed by atoms with E-state index in [0.717, 1.165) is 31.2 Å². The van der Waals surface area contributed by atoms with Crippen molar-refractivity contribution in [2.45, 2.75) is 38.6 Å². The molecule has 3 rings (SSSR count). The highest BCUT2D eigenvalue weighted by Crippen LogP contribution is 2.31. The Bertz CT molecular complexity index is 755. The summed E-state index contributed by atoms with van der Waals surface area (Å²) in [5, 5.41) is 0. The van der Waals surface area contributed by atoms with Gasteiger partial charge < -0.3 is 0 Å². The van der Waals surface area contributed by atoms with Crippen LogP contribution in [0.5, 0.6) is 0 Å². The SMILES string of the molecule is NNC(=O)N(Cc1ccccc1)c1ccccc1C(=O)C1CCCCC1. The molecule has 0 radical (unpaired) electrons. The first-order valence-electron chi connectivity index (χ1n) is 9.16. The molecule has 5 heteroatoms. The smallest absolute Gasteiger partial charge is 0.294 e. The number of para-hydroxylation sites is 1. The van der Waals surface area contributed by atoms with Crippen LogP contribution in [0.3, 0.4) is 0 Å². The molecular formula is C21H25N3O2. The molecule has 5 nitrogen and oxygen atoms in total. The van der Waals surface area contributed by atoms with Gasteiger partial charge in [-0.05, 0) is 30.5 Å². The van der Waals surface area contributed by atoms with Gasteiger partial charge in [-0.1, -0.05) is 61.7 Å². The average molecular weight is 351 g/mol. The highest BCUT2D eigenvalue weighted by molar-refractivity contribution is 6.06. The van der Waals surface area contributed by atoms with Gasteiger partial charge in [0.1, 0.15) is 0 Å². The largest absolute Gasteiger partial charge is 0.336 e. The first-order chi connectivity index (χ1) is 12.7. The van der Waals surface area contributed by atoms with Crippen molar-refractivity contribution in [2.75, 3.05) is 4.90 Å². The molecule has 1 aliphatic rings. The number of carbonyl (C=O) groups excluding carboxylic acids is 2. The fourth-order valence-corrected chi connectivity index (χ4v) is 3.61. The van der Waals surface area contributed by atoms with Crippen molar-refractivity contribution < 1.29 is 9.59 Å². The molecule has 26 heavy (non-hydrogen) atoms. The predicted molar refractivity (Wildman–Crippen MR) is 103 cm³/mol. The number of benzene rings is 2. The molecule has 0 heterocycles. The van der Waals surface area contributed by atoms with Crippen LogP contribution in [0, 0.1) is 5.92 Å². The van der Waals surface area contributed by atoms with E-state index in [2.05, 4.69) is 5.43 Å². The van der Waals surface area contributed by atoms with Crippen LogP contribution in [-0.2, 0) is 6.54 Å². The number of hydrogen-bond acceptors (Lipinski definition) is 3. The van der Waals surface area contributed by atoms with Crippen molar-refractivity contribution in [1.29, 1.82) is 0 Å². The number of hydrazine groups is 1. The minimum absolute atomic E-state index is 0.0458. The lowest BCUT2D eigenvalue weighted by molar-refractivity contribution is 0.0890. The molecule has 1 saturated carbocycles. The summed E-state index contributed by atoms with van der Waals surface area (Å²) >= 11 is 0. The standard InChI is InChI=1S/C21H25N3O2/c22-23-21(26)24(15-16-9-3-1-4-10-16)19-14-8-7-13-18(19)20(25)17-11-5-2-6-12-17/h1,3-4,7-10,13-14,17H,2,5-6,11-12,15,22H2,(H,23,26). The minimum atomic E-state index is -0.433. The number of nitrogens with zero attached hydrogens (tertiary/aromatic N) is 1. The van der Waals surface area contributed by atoms with E-state index in [0.29, 0.717) is 17.8 Å². The second kappa shape index (κ2) is 8.63. The van der Waals surface area contributed by atoms with Crippen molar-refractivity contribution in [3.05, 3.63) is 65.7 Å². The molecule has 0 unspecified atom stereocenters. The van der Waals surface area contributed by atoms with Crippen LogP contribution in [-0.4, -0.2) is 11.8 Å². The maximum atomic E-state index is 13.1. The van der Waals surface area contributed by atoms with Crippen LogP contribution >= 0.6 is 0 Å². The number of nitrogens with two attached hydrogens (primary N) is 1. The Labute approximate surface area is 154 Å². The van der Waals surface area contributed by atoms with Gasteiger partial charge in [-0.3, -0.25) is 15.1 Å². The van der Waals surface area contributed by atoms with Crippen LogP contribution in [0.15, 0.2) is 54.6 Å². The second-order valence-electron chi connectivity index (χ2n) is 6.74. The van der Waals surface area contributed by atoms with Gasteiger partial charge in [-0.15, -0.1) is 0 Å². The summed E-state index contributed by atoms with van der Waals surface area (Å²) in [6, 6.07) is 16.6. The van der Waals surface area contributed by atoms with E-state index in [-0.39, 0.29) is 11.7 Å². The summed E-state index contributed by atoms with van der Waals surface area (Å²) in [4.78, 5) is 27.1. The Morgan fingerprint density at radius 2 is 1.62 bits per heavy atom. The van der Waals surface area contributed by atoms with Crippen LogP contribution in [0.1, 0.15) is 48.0 Å². The van der Waals surface area contributed by atoms with Gasteiger partial charge in [-0.2, -0.15) is 0 Å². The minimum Gasteiger partial charge on any atom is -0.294 e. The van der Waals surface area contributed by atoms with Gasteiger partial charge >= 0.3 is 6.03 Å². The quantitative estimate of drug-likeness (QED) is 0.369. The van der Waals surface area contributed by atoms with E-state index in [1.165, 1.54) is 11.3 Å². The number of nitrogens with one attached hydrogen (secondary N) is 1. The van der Waals surface area contributed by atoms with Gasteiger partial charge in [0.05, 0.1) is 12.2 Å². The van der Waals surface area contributed by atoms with E-state index in [1.807, 2.05) is 54.6 Å². The zero-order valence-corrected chi connectivity index (χ0v) is 14.9. The molecule has 0 spiro atoms. The van der Waals surface area contributed by atoms with Gasteiger partial charge in [0.25, 0.3) is 0 Å². The Hall–Kier alpha value is -2.66. The van der Waals surface area contributed by atoms with Crippen molar-refractivity contribution in [3.8, 4) is 0 Å². The average Bonchev–Trinajstić information content (AvgIpc) is 2.72. The number of carbonyl (C=O) groups is 2. The maximum Gasteiger partial charge on any atom is 0.336 e. The molecule has 1 aliphatic carbocycles. The topological polar surface area (TPSA) is 75.4 Å². The molecule has 0 saturated heterocycles. The first-order valence-corrected chi connectivity index (χ1v) is 9.16. The Morgan fingerprint density at radius 3 is 2.31 bits per heavy atom. The van der Waals surface area contributed by atoms with Gasteiger partial charge in [0.2, 0.25) is 0 Å². The van der Waals surface area contributed by atoms with Crippen LogP contribution in [0.2, 0.25) is 0 Å². The summed E-state index contributed by atoms with van der Waals surface area (Å²) < 4.78 is 0. The third kappa shape index (κ3) is 4.11. The molecule has 0 atom stereocenters. The number of urea groups is 1. The van der Waals surface area contributed by atoms with E-state index in [4.69, 9.17) is 5.84 Å². The Morgan fingerprint density at radius 1 is 0.962 bits per heavy atom. The van der Waals surface area contributed by atoms with Gasteiger partial charge in [0.15, 0.2) is 5.78 Å². The molecule has 2 amide bonds. The zero-order valence-electron chi connectivity index (χ0n) is 14.9. The van der Waals surface area contributed by atoms with Crippen molar-refractivity contribution in [3.63, 3.8) is 0 Å². The van der Waals surface area contributed by atoms with E-state index in [1.54, 1.807) is 0 Å². The summed E-state index contributed by atoms with van der Waals surface area (Å²) in [5.41, 5.74) is 4.38. The van der Waals surface area contributed by atoms with Crippen LogP contribution in [0.4, 0.5) is 10.5 Å². The Balaban J connectivity index is 1.93. The van der Waals surface area contributed by atoms with Crippen molar-refractivity contribution in [2.24, 2.45) is 11.8 Å². The molecular weight excluding hydrogens is 326 g/mol. The Kier molecular flexibility index (Phi) is 6.02. The monoisotopic (exact) mass is 351 g/mol. The summed E-state index contributed by atoms with van der Waals surface area (Å²) in [5.74, 6) is 5.58. The normalized spacial score (nSPS) is 14.7. The van der Waals surface area contributed by atoms with E-state index >= 15 is 0 Å². The molecule has 3 N–H and O–H groups in total. The summed E-state index contributed by atoms with van der Waals surface area (Å²) in [6.45, 7) is 0.346. The van der Waals surface area contributed by atoms with E-state index in [9.17, 15) is 9.59 Å². The van der Waals surface area contributed by atoms with Crippen LogP contribution < -0.4 is 16.2 Å².